The predicted molar refractivity (Wildman–Crippen MR) is 111 cm³/mol. The first-order chi connectivity index (χ1) is 13.8. The highest BCUT2D eigenvalue weighted by atomic mass is 32.1. The Morgan fingerprint density at radius 2 is 1.83 bits per heavy atom. The third-order valence-electron chi connectivity index (χ3n) is 4.06. The van der Waals surface area contributed by atoms with E-state index in [1.807, 2.05) is 51.1 Å². The van der Waals surface area contributed by atoms with E-state index in [9.17, 15) is 9.59 Å². The highest BCUT2D eigenvalue weighted by molar-refractivity contribution is 7.03. The van der Waals surface area contributed by atoms with Gasteiger partial charge in [0.15, 0.2) is 11.7 Å². The quantitative estimate of drug-likeness (QED) is 0.675. The van der Waals surface area contributed by atoms with Crippen molar-refractivity contribution in [2.75, 3.05) is 0 Å². The zero-order valence-corrected chi connectivity index (χ0v) is 17.4. The molecule has 3 rings (SSSR count). The Balaban J connectivity index is 2.05. The van der Waals surface area contributed by atoms with E-state index in [1.165, 1.54) is 4.90 Å². The minimum Gasteiger partial charge on any atom is -0.349 e. The Bertz CT molecular complexity index is 940. The van der Waals surface area contributed by atoms with Crippen molar-refractivity contribution in [3.63, 3.8) is 0 Å². The number of carbonyl (C=O) groups excluding carboxylic acids is 2. The Hall–Kier alpha value is -3.13. The van der Waals surface area contributed by atoms with Crippen LogP contribution in [0.1, 0.15) is 48.6 Å². The summed E-state index contributed by atoms with van der Waals surface area (Å²) in [6.45, 7) is 5.92. The van der Waals surface area contributed by atoms with Gasteiger partial charge in [-0.3, -0.25) is 14.6 Å². The number of hydrogen-bond acceptors (Lipinski definition) is 6. The van der Waals surface area contributed by atoms with Crippen molar-refractivity contribution in [3.8, 4) is 0 Å². The van der Waals surface area contributed by atoms with Crippen molar-refractivity contribution in [1.82, 2.24) is 24.8 Å². The van der Waals surface area contributed by atoms with Gasteiger partial charge in [-0.15, -0.1) is 5.10 Å². The van der Waals surface area contributed by atoms with Crippen molar-refractivity contribution < 1.29 is 9.59 Å². The number of benzene rings is 1. The molecule has 150 valence electrons. The molecule has 0 aliphatic carbocycles. The molecule has 7 nitrogen and oxygen atoms in total. The van der Waals surface area contributed by atoms with Crippen LogP contribution < -0.4 is 5.32 Å². The number of carbonyl (C=O) groups is 2. The molecule has 1 N–H and O–H groups in total. The largest absolute Gasteiger partial charge is 0.349 e. The van der Waals surface area contributed by atoms with Crippen LogP contribution in [0.4, 0.5) is 0 Å². The van der Waals surface area contributed by atoms with Gasteiger partial charge in [-0.25, -0.2) is 0 Å². The van der Waals surface area contributed by atoms with Gasteiger partial charge in [0.1, 0.15) is 0 Å². The lowest BCUT2D eigenvalue weighted by Crippen LogP contribution is -2.49. The number of hydrogen-bond donors (Lipinski definition) is 1. The minimum absolute atomic E-state index is 0.204. The topological polar surface area (TPSA) is 88.1 Å². The molecule has 2 aromatic heterocycles. The van der Waals surface area contributed by atoms with Crippen LogP contribution in [0.15, 0.2) is 60.1 Å². The molecule has 0 saturated carbocycles. The SMILES string of the molecule is CC(C)(C)NC(=O)[C@@H](c1ccccn1)N(Cc1ccccc1)C(=O)c1csnn1. The van der Waals surface area contributed by atoms with Gasteiger partial charge in [-0.1, -0.05) is 40.9 Å². The number of nitrogens with one attached hydrogen (secondary N) is 1. The van der Waals surface area contributed by atoms with Gasteiger partial charge in [0, 0.05) is 23.7 Å². The number of rotatable bonds is 6. The zero-order chi connectivity index (χ0) is 20.9. The molecule has 29 heavy (non-hydrogen) atoms. The van der Waals surface area contributed by atoms with Crippen molar-refractivity contribution in [2.24, 2.45) is 0 Å². The van der Waals surface area contributed by atoms with E-state index < -0.39 is 11.6 Å². The van der Waals surface area contributed by atoms with Gasteiger partial charge in [-0.05, 0) is 50.0 Å². The molecule has 0 aliphatic heterocycles. The van der Waals surface area contributed by atoms with Crippen LogP contribution in [0.3, 0.4) is 0 Å². The summed E-state index contributed by atoms with van der Waals surface area (Å²) in [5.41, 5.74) is 1.12. The average molecular weight is 410 g/mol. The Kier molecular flexibility index (Phi) is 6.33. The van der Waals surface area contributed by atoms with Gasteiger partial charge >= 0.3 is 0 Å². The van der Waals surface area contributed by atoms with E-state index in [-0.39, 0.29) is 24.1 Å². The molecule has 1 aromatic carbocycles. The maximum absolute atomic E-state index is 13.3. The Morgan fingerprint density at radius 3 is 2.41 bits per heavy atom. The third-order valence-corrected chi connectivity index (χ3v) is 4.57. The van der Waals surface area contributed by atoms with Crippen LogP contribution >= 0.6 is 11.5 Å². The van der Waals surface area contributed by atoms with E-state index in [2.05, 4.69) is 19.9 Å². The van der Waals surface area contributed by atoms with Crippen LogP contribution in [0.25, 0.3) is 0 Å². The predicted octanol–water partition coefficient (Wildman–Crippen LogP) is 3.23. The van der Waals surface area contributed by atoms with Gasteiger partial charge in [0.25, 0.3) is 5.91 Å². The zero-order valence-electron chi connectivity index (χ0n) is 16.6. The normalized spacial score (nSPS) is 12.2. The maximum atomic E-state index is 13.3. The second-order valence-electron chi connectivity index (χ2n) is 7.61. The van der Waals surface area contributed by atoms with E-state index >= 15 is 0 Å². The van der Waals surface area contributed by atoms with Gasteiger partial charge in [0.2, 0.25) is 5.91 Å². The molecule has 0 unspecified atom stereocenters. The number of nitrogens with zero attached hydrogens (tertiary/aromatic N) is 4. The first-order valence-corrected chi connectivity index (χ1v) is 10.0. The highest BCUT2D eigenvalue weighted by Crippen LogP contribution is 2.25. The molecule has 0 fully saturated rings. The van der Waals surface area contributed by atoms with E-state index in [0.717, 1.165) is 17.1 Å². The number of aromatic nitrogens is 3. The summed E-state index contributed by atoms with van der Waals surface area (Å²) in [5, 5.41) is 8.47. The molecule has 0 aliphatic rings. The molecule has 0 spiro atoms. The molecular formula is C21H23N5O2S. The Labute approximate surface area is 174 Å². The molecule has 8 heteroatoms. The molecular weight excluding hydrogens is 386 g/mol. The van der Waals surface area contributed by atoms with E-state index in [1.54, 1.807) is 29.8 Å². The lowest BCUT2D eigenvalue weighted by atomic mass is 10.0. The fourth-order valence-corrected chi connectivity index (χ4v) is 3.31. The van der Waals surface area contributed by atoms with Gasteiger partial charge in [-0.2, -0.15) is 0 Å². The fourth-order valence-electron chi connectivity index (χ4n) is 2.88. The summed E-state index contributed by atoms with van der Waals surface area (Å²) >= 11 is 1.09. The summed E-state index contributed by atoms with van der Waals surface area (Å²) < 4.78 is 3.80. The number of amides is 2. The van der Waals surface area contributed by atoms with Crippen molar-refractivity contribution >= 4 is 23.3 Å². The van der Waals surface area contributed by atoms with Gasteiger partial charge < -0.3 is 10.2 Å². The average Bonchev–Trinajstić information content (AvgIpc) is 3.22. The summed E-state index contributed by atoms with van der Waals surface area (Å²) in [6, 6.07) is 13.9. The summed E-state index contributed by atoms with van der Waals surface area (Å²) in [5.74, 6) is -0.675. The highest BCUT2D eigenvalue weighted by Gasteiger charge is 2.35. The van der Waals surface area contributed by atoms with Crippen LogP contribution in [0.2, 0.25) is 0 Å². The Morgan fingerprint density at radius 1 is 1.10 bits per heavy atom. The summed E-state index contributed by atoms with van der Waals surface area (Å²) in [4.78, 5) is 32.5. The standard InChI is InChI=1S/C21H23N5O2S/c1-21(2,3)23-19(27)18(16-11-7-8-12-22-16)26(13-15-9-5-4-6-10-15)20(28)17-14-29-25-24-17/h4-12,14,18H,13H2,1-3H3,(H,23,27)/t18-/m1/s1. The molecule has 3 aromatic rings. The molecule has 0 bridgehead atoms. The van der Waals surface area contributed by atoms with Gasteiger partial charge in [0.05, 0.1) is 5.69 Å². The van der Waals surface area contributed by atoms with E-state index in [0.29, 0.717) is 5.69 Å². The molecule has 2 heterocycles. The third kappa shape index (κ3) is 5.45. The lowest BCUT2D eigenvalue weighted by molar-refractivity contribution is -0.127. The molecule has 2 amide bonds. The van der Waals surface area contributed by atoms with E-state index in [4.69, 9.17) is 0 Å². The van der Waals surface area contributed by atoms with Crippen LogP contribution in [0, 0.1) is 0 Å². The van der Waals surface area contributed by atoms with Crippen molar-refractivity contribution in [2.45, 2.75) is 38.9 Å². The second-order valence-corrected chi connectivity index (χ2v) is 8.22. The molecule has 0 radical (unpaired) electrons. The lowest BCUT2D eigenvalue weighted by Gasteiger charge is -2.32. The molecule has 1 atom stereocenters. The van der Waals surface area contributed by atoms with Crippen LogP contribution in [-0.4, -0.2) is 36.8 Å². The first kappa shape index (κ1) is 20.6. The summed E-state index contributed by atoms with van der Waals surface area (Å²) in [6.07, 6.45) is 1.61. The maximum Gasteiger partial charge on any atom is 0.276 e. The molecule has 0 saturated heterocycles. The van der Waals surface area contributed by atoms with Crippen molar-refractivity contribution in [1.29, 1.82) is 0 Å². The van der Waals surface area contributed by atoms with Crippen LogP contribution in [0.5, 0.6) is 0 Å². The fraction of sp³-hybridized carbons (Fsp3) is 0.286. The first-order valence-electron chi connectivity index (χ1n) is 9.20. The minimum atomic E-state index is -0.912. The number of pyridine rings is 1. The smallest absolute Gasteiger partial charge is 0.276 e. The monoisotopic (exact) mass is 409 g/mol. The summed E-state index contributed by atoms with van der Waals surface area (Å²) in [7, 11) is 0. The van der Waals surface area contributed by atoms with Crippen LogP contribution in [-0.2, 0) is 11.3 Å². The van der Waals surface area contributed by atoms with Crippen molar-refractivity contribution in [3.05, 3.63) is 77.1 Å². The second kappa shape index (κ2) is 8.91.